The number of nitrogens with one attached hydrogen (secondary N) is 2. The van der Waals surface area contributed by atoms with E-state index in [2.05, 4.69) is 17.2 Å². The van der Waals surface area contributed by atoms with Crippen LogP contribution in [0.2, 0.25) is 0 Å². The minimum atomic E-state index is -0.0508. The smallest absolute Gasteiger partial charge is 0.326 e. The highest BCUT2D eigenvalue weighted by Gasteiger charge is 2.29. The summed E-state index contributed by atoms with van der Waals surface area (Å²) < 4.78 is 1.87. The molecule has 0 radical (unpaired) electrons. The average molecular weight is 356 g/mol. The first kappa shape index (κ1) is 17.2. The predicted octanol–water partition coefficient (Wildman–Crippen LogP) is 3.25. The van der Waals surface area contributed by atoms with Crippen LogP contribution in [0.4, 0.5) is 4.79 Å². The number of amides is 2. The maximum absolute atomic E-state index is 12.6. The van der Waals surface area contributed by atoms with E-state index in [0.29, 0.717) is 25.0 Å². The van der Waals surface area contributed by atoms with E-state index < -0.39 is 0 Å². The average Bonchev–Trinajstić information content (AvgIpc) is 2.99. The molecular formula is C20H28N4O2. The highest BCUT2D eigenvalue weighted by atomic mass is 16.2. The predicted molar refractivity (Wildman–Crippen MR) is 102 cm³/mol. The van der Waals surface area contributed by atoms with E-state index in [1.54, 1.807) is 0 Å². The second-order valence-electron chi connectivity index (χ2n) is 7.85. The molecule has 1 aromatic carbocycles. The summed E-state index contributed by atoms with van der Waals surface area (Å²) in [5.74, 6) is 0.565. The molecule has 6 heteroatoms. The van der Waals surface area contributed by atoms with E-state index in [-0.39, 0.29) is 17.8 Å². The van der Waals surface area contributed by atoms with Gasteiger partial charge in [0.15, 0.2) is 0 Å². The fraction of sp³-hybridized carbons (Fsp3) is 0.600. The molecule has 1 aromatic heterocycles. The standard InChI is InChI=1S/C20H28N4O2/c1-14-6-2-3-7-16(14)21-19(25)23-12-10-15(11-13-23)24-18-9-5-4-8-17(18)22-20(24)26/h4-5,8-9,14-16H,2-3,6-7,10-13H2,1H3,(H,21,25)(H,22,26). The Labute approximate surface area is 153 Å². The largest absolute Gasteiger partial charge is 0.335 e. The molecule has 2 unspecified atom stereocenters. The van der Waals surface area contributed by atoms with Gasteiger partial charge in [-0.2, -0.15) is 0 Å². The van der Waals surface area contributed by atoms with E-state index >= 15 is 0 Å². The van der Waals surface area contributed by atoms with Crippen LogP contribution in [0, 0.1) is 5.92 Å². The van der Waals surface area contributed by atoms with Gasteiger partial charge in [0.1, 0.15) is 0 Å². The molecule has 0 bridgehead atoms. The fourth-order valence-corrected chi connectivity index (χ4v) is 4.54. The van der Waals surface area contributed by atoms with Crippen LogP contribution in [0.1, 0.15) is 51.5 Å². The molecule has 1 saturated heterocycles. The number of para-hydroxylation sites is 2. The number of fused-ring (bicyclic) bond motifs is 1. The van der Waals surface area contributed by atoms with Crippen molar-refractivity contribution in [2.45, 2.75) is 57.5 Å². The number of carbonyl (C=O) groups is 1. The molecule has 1 aliphatic heterocycles. The minimum Gasteiger partial charge on any atom is -0.335 e. The molecule has 1 aliphatic carbocycles. The van der Waals surface area contributed by atoms with Gasteiger partial charge in [0.05, 0.1) is 11.0 Å². The van der Waals surface area contributed by atoms with Gasteiger partial charge in [-0.15, -0.1) is 0 Å². The van der Waals surface area contributed by atoms with Crippen molar-refractivity contribution in [3.05, 3.63) is 34.7 Å². The van der Waals surface area contributed by atoms with Crippen molar-refractivity contribution < 1.29 is 4.79 Å². The monoisotopic (exact) mass is 356 g/mol. The summed E-state index contributed by atoms with van der Waals surface area (Å²) in [7, 11) is 0. The number of hydrogen-bond donors (Lipinski definition) is 2. The molecule has 2 heterocycles. The van der Waals surface area contributed by atoms with Gasteiger partial charge in [0.25, 0.3) is 0 Å². The topological polar surface area (TPSA) is 70.1 Å². The first-order valence-corrected chi connectivity index (χ1v) is 9.88. The molecular weight excluding hydrogens is 328 g/mol. The molecule has 26 heavy (non-hydrogen) atoms. The first-order valence-electron chi connectivity index (χ1n) is 9.88. The third-order valence-corrected chi connectivity index (χ3v) is 6.16. The van der Waals surface area contributed by atoms with Gasteiger partial charge in [0.2, 0.25) is 0 Å². The summed E-state index contributed by atoms with van der Waals surface area (Å²) in [6, 6.07) is 8.33. The van der Waals surface area contributed by atoms with Crippen LogP contribution in [-0.4, -0.2) is 39.6 Å². The van der Waals surface area contributed by atoms with Crippen LogP contribution in [0.15, 0.2) is 29.1 Å². The van der Waals surface area contributed by atoms with Gasteiger partial charge in [-0.1, -0.05) is 31.9 Å². The number of benzene rings is 1. The molecule has 2 N–H and O–H groups in total. The molecule has 0 spiro atoms. The Morgan fingerprint density at radius 2 is 1.85 bits per heavy atom. The lowest BCUT2D eigenvalue weighted by Gasteiger charge is -2.36. The zero-order valence-corrected chi connectivity index (χ0v) is 15.4. The molecule has 4 rings (SSSR count). The van der Waals surface area contributed by atoms with Crippen molar-refractivity contribution in [1.82, 2.24) is 19.8 Å². The highest BCUT2D eigenvalue weighted by molar-refractivity contribution is 5.75. The number of rotatable bonds is 2. The quantitative estimate of drug-likeness (QED) is 0.867. The van der Waals surface area contributed by atoms with Gasteiger partial charge in [-0.25, -0.2) is 9.59 Å². The highest BCUT2D eigenvalue weighted by Crippen LogP contribution is 2.26. The molecule has 2 aromatic rings. The Bertz CT molecular complexity index is 832. The number of hydrogen-bond acceptors (Lipinski definition) is 2. The van der Waals surface area contributed by atoms with E-state index in [4.69, 9.17) is 0 Å². The number of nitrogens with zero attached hydrogens (tertiary/aromatic N) is 2. The Morgan fingerprint density at radius 3 is 2.62 bits per heavy atom. The summed E-state index contributed by atoms with van der Waals surface area (Å²) in [5.41, 5.74) is 1.78. The second-order valence-corrected chi connectivity index (χ2v) is 7.85. The van der Waals surface area contributed by atoms with E-state index in [0.717, 1.165) is 30.3 Å². The number of carbonyl (C=O) groups excluding carboxylic acids is 1. The molecule has 1 saturated carbocycles. The molecule has 6 nitrogen and oxygen atoms in total. The Morgan fingerprint density at radius 1 is 1.12 bits per heavy atom. The number of H-pyrrole nitrogens is 1. The number of aromatic nitrogens is 2. The van der Waals surface area contributed by atoms with Gasteiger partial charge in [-0.05, 0) is 43.7 Å². The third-order valence-electron chi connectivity index (χ3n) is 6.16. The normalized spacial score (nSPS) is 24.7. The maximum Gasteiger partial charge on any atom is 0.326 e. The van der Waals surface area contributed by atoms with E-state index in [1.807, 2.05) is 33.7 Å². The van der Waals surface area contributed by atoms with Crippen LogP contribution in [0.25, 0.3) is 11.0 Å². The zero-order valence-electron chi connectivity index (χ0n) is 15.4. The van der Waals surface area contributed by atoms with Crippen LogP contribution in [0.5, 0.6) is 0 Å². The number of urea groups is 1. The summed E-state index contributed by atoms with van der Waals surface area (Å²) in [6.07, 6.45) is 6.41. The molecule has 2 aliphatic rings. The van der Waals surface area contributed by atoms with Gasteiger partial charge < -0.3 is 15.2 Å². The Kier molecular flexibility index (Phi) is 4.74. The van der Waals surface area contributed by atoms with Crippen molar-refractivity contribution in [2.24, 2.45) is 5.92 Å². The summed E-state index contributed by atoms with van der Waals surface area (Å²) in [5, 5.41) is 3.24. The van der Waals surface area contributed by atoms with Crippen molar-refractivity contribution in [1.29, 1.82) is 0 Å². The second kappa shape index (κ2) is 7.17. The van der Waals surface area contributed by atoms with E-state index in [9.17, 15) is 9.59 Å². The first-order chi connectivity index (χ1) is 12.6. The Balaban J connectivity index is 1.40. The van der Waals surface area contributed by atoms with Gasteiger partial charge in [0, 0.05) is 25.2 Å². The van der Waals surface area contributed by atoms with Crippen molar-refractivity contribution in [2.75, 3.05) is 13.1 Å². The van der Waals surface area contributed by atoms with Crippen molar-refractivity contribution in [3.8, 4) is 0 Å². The third kappa shape index (κ3) is 3.24. The summed E-state index contributed by atoms with van der Waals surface area (Å²) in [4.78, 5) is 29.8. The SMILES string of the molecule is CC1CCCCC1NC(=O)N1CCC(n2c(=O)[nH]c3ccccc32)CC1. The molecule has 2 fully saturated rings. The summed E-state index contributed by atoms with van der Waals surface area (Å²) in [6.45, 7) is 3.63. The van der Waals surface area contributed by atoms with E-state index in [1.165, 1.54) is 19.3 Å². The number of piperidine rings is 1. The minimum absolute atomic E-state index is 0.0508. The van der Waals surface area contributed by atoms with Gasteiger partial charge >= 0.3 is 11.7 Å². The number of imidazole rings is 1. The molecule has 2 amide bonds. The van der Waals surface area contributed by atoms with Crippen LogP contribution in [0.3, 0.4) is 0 Å². The van der Waals surface area contributed by atoms with Crippen molar-refractivity contribution >= 4 is 17.1 Å². The van der Waals surface area contributed by atoms with Gasteiger partial charge in [-0.3, -0.25) is 4.57 Å². The fourth-order valence-electron chi connectivity index (χ4n) is 4.54. The van der Waals surface area contributed by atoms with Crippen LogP contribution >= 0.6 is 0 Å². The number of aromatic amines is 1. The zero-order chi connectivity index (χ0) is 18.1. The van der Waals surface area contributed by atoms with Crippen LogP contribution < -0.4 is 11.0 Å². The lowest BCUT2D eigenvalue weighted by Crippen LogP contribution is -2.50. The maximum atomic E-state index is 12.6. The van der Waals surface area contributed by atoms with Crippen molar-refractivity contribution in [3.63, 3.8) is 0 Å². The molecule has 2 atom stereocenters. The lowest BCUT2D eigenvalue weighted by atomic mass is 9.86. The lowest BCUT2D eigenvalue weighted by molar-refractivity contribution is 0.160. The molecule has 140 valence electrons. The van der Waals surface area contributed by atoms with Crippen LogP contribution in [-0.2, 0) is 0 Å². The number of likely N-dealkylation sites (tertiary alicyclic amines) is 1. The summed E-state index contributed by atoms with van der Waals surface area (Å²) >= 11 is 0. The Hall–Kier alpha value is -2.24.